The summed E-state index contributed by atoms with van der Waals surface area (Å²) in [6.07, 6.45) is -0.215. The Bertz CT molecular complexity index is 383. The van der Waals surface area contributed by atoms with Crippen LogP contribution in [-0.2, 0) is 24.3 Å². The molecule has 0 spiro atoms. The molecule has 1 aliphatic heterocycles. The van der Waals surface area contributed by atoms with E-state index in [0.717, 1.165) is 4.31 Å². The fourth-order valence-corrected chi connectivity index (χ4v) is 2.76. The molecule has 92 valence electrons. The quantitative estimate of drug-likeness (QED) is 0.622. The van der Waals surface area contributed by atoms with Crippen molar-refractivity contribution < 1.29 is 27.9 Å². The van der Waals surface area contributed by atoms with Crippen molar-refractivity contribution in [3.8, 4) is 0 Å². The van der Waals surface area contributed by atoms with Crippen molar-refractivity contribution in [2.24, 2.45) is 5.92 Å². The first-order chi connectivity index (χ1) is 7.36. The SMILES string of the molecule is COC(=O)CCS(=O)(=O)N1CC(C(=O)O)C1. The molecule has 0 saturated carbocycles. The van der Waals surface area contributed by atoms with E-state index in [1.54, 1.807) is 0 Å². The minimum atomic E-state index is -3.53. The highest BCUT2D eigenvalue weighted by molar-refractivity contribution is 7.89. The largest absolute Gasteiger partial charge is 0.481 e. The van der Waals surface area contributed by atoms with Crippen LogP contribution in [0.25, 0.3) is 0 Å². The molecule has 7 nitrogen and oxygen atoms in total. The summed E-state index contributed by atoms with van der Waals surface area (Å²) in [5, 5.41) is 8.58. The highest BCUT2D eigenvalue weighted by Gasteiger charge is 2.39. The van der Waals surface area contributed by atoms with Crippen molar-refractivity contribution in [2.45, 2.75) is 6.42 Å². The second-order valence-corrected chi connectivity index (χ2v) is 5.58. The molecule has 1 fully saturated rings. The number of nitrogens with zero attached hydrogens (tertiary/aromatic N) is 1. The molecular weight excluding hydrogens is 238 g/mol. The van der Waals surface area contributed by atoms with Crippen LogP contribution in [0.15, 0.2) is 0 Å². The lowest BCUT2D eigenvalue weighted by Gasteiger charge is -2.35. The predicted octanol–water partition coefficient (Wildman–Crippen LogP) is -1.10. The zero-order chi connectivity index (χ0) is 12.3. The van der Waals surface area contributed by atoms with Crippen molar-refractivity contribution in [1.29, 1.82) is 0 Å². The van der Waals surface area contributed by atoms with E-state index in [2.05, 4.69) is 4.74 Å². The van der Waals surface area contributed by atoms with E-state index in [1.807, 2.05) is 0 Å². The van der Waals surface area contributed by atoms with E-state index in [0.29, 0.717) is 0 Å². The molecule has 1 saturated heterocycles. The molecule has 0 aromatic rings. The van der Waals surface area contributed by atoms with Crippen molar-refractivity contribution in [3.63, 3.8) is 0 Å². The first-order valence-corrected chi connectivity index (χ1v) is 6.25. The number of carbonyl (C=O) groups is 2. The third kappa shape index (κ3) is 2.92. The number of carboxylic acid groups (broad SMARTS) is 1. The second kappa shape index (κ2) is 4.79. The number of hydrogen-bond acceptors (Lipinski definition) is 5. The summed E-state index contributed by atoms with van der Waals surface area (Å²) in [6.45, 7) is -0.0301. The van der Waals surface area contributed by atoms with E-state index in [1.165, 1.54) is 7.11 Å². The van der Waals surface area contributed by atoms with E-state index >= 15 is 0 Å². The van der Waals surface area contributed by atoms with Crippen LogP contribution in [0.4, 0.5) is 0 Å². The molecule has 16 heavy (non-hydrogen) atoms. The number of sulfonamides is 1. The van der Waals surface area contributed by atoms with Gasteiger partial charge >= 0.3 is 11.9 Å². The van der Waals surface area contributed by atoms with Crippen molar-refractivity contribution in [1.82, 2.24) is 4.31 Å². The molecule has 1 aliphatic rings. The molecule has 1 rings (SSSR count). The summed E-state index contributed by atoms with van der Waals surface area (Å²) < 4.78 is 28.4. The molecule has 0 radical (unpaired) electrons. The van der Waals surface area contributed by atoms with E-state index in [-0.39, 0.29) is 25.3 Å². The van der Waals surface area contributed by atoms with Crippen LogP contribution in [0.5, 0.6) is 0 Å². The summed E-state index contributed by atoms with van der Waals surface area (Å²) in [7, 11) is -2.35. The maximum absolute atomic E-state index is 11.5. The number of rotatable bonds is 5. The Kier molecular flexibility index (Phi) is 3.87. The third-order valence-electron chi connectivity index (χ3n) is 2.38. The summed E-state index contributed by atoms with van der Waals surface area (Å²) in [4.78, 5) is 21.2. The van der Waals surface area contributed by atoms with Gasteiger partial charge in [-0.15, -0.1) is 0 Å². The molecule has 0 aromatic heterocycles. The van der Waals surface area contributed by atoms with E-state index < -0.39 is 27.9 Å². The molecule has 0 bridgehead atoms. The Labute approximate surface area is 93.0 Å². The molecule has 1 heterocycles. The molecule has 8 heteroatoms. The lowest BCUT2D eigenvalue weighted by atomic mass is 10.0. The molecule has 0 atom stereocenters. The van der Waals surface area contributed by atoms with Crippen LogP contribution in [0.3, 0.4) is 0 Å². The van der Waals surface area contributed by atoms with Crippen LogP contribution >= 0.6 is 0 Å². The first kappa shape index (κ1) is 12.9. The number of methoxy groups -OCH3 is 1. The number of carboxylic acids is 1. The summed E-state index contributed by atoms with van der Waals surface area (Å²) in [5.74, 6) is -2.57. The van der Waals surface area contributed by atoms with E-state index in [9.17, 15) is 18.0 Å². The van der Waals surface area contributed by atoms with Crippen LogP contribution in [0.2, 0.25) is 0 Å². The summed E-state index contributed by atoms with van der Waals surface area (Å²) in [6, 6.07) is 0. The van der Waals surface area contributed by atoms with Crippen molar-refractivity contribution >= 4 is 22.0 Å². The molecule has 1 N–H and O–H groups in total. The number of ether oxygens (including phenoxy) is 1. The Hall–Kier alpha value is -1.15. The Morgan fingerprint density at radius 2 is 2.00 bits per heavy atom. The van der Waals surface area contributed by atoms with Gasteiger partial charge in [-0.25, -0.2) is 12.7 Å². The maximum atomic E-state index is 11.5. The van der Waals surface area contributed by atoms with Gasteiger partial charge < -0.3 is 9.84 Å². The predicted molar refractivity (Wildman–Crippen MR) is 53.1 cm³/mol. The normalized spacial score (nSPS) is 17.8. The Balaban J connectivity index is 2.42. The van der Waals surface area contributed by atoms with Crippen LogP contribution < -0.4 is 0 Å². The van der Waals surface area contributed by atoms with Gasteiger partial charge in [0, 0.05) is 13.1 Å². The minimum absolute atomic E-state index is 0.0150. The lowest BCUT2D eigenvalue weighted by molar-refractivity contribution is -0.145. The fourth-order valence-electron chi connectivity index (χ4n) is 1.26. The van der Waals surface area contributed by atoms with Gasteiger partial charge in [0.15, 0.2) is 0 Å². The Morgan fingerprint density at radius 3 is 2.44 bits per heavy atom. The lowest BCUT2D eigenvalue weighted by Crippen LogP contribution is -2.53. The van der Waals surface area contributed by atoms with Crippen LogP contribution in [-0.4, -0.2) is 55.7 Å². The topological polar surface area (TPSA) is 101 Å². The minimum Gasteiger partial charge on any atom is -0.481 e. The molecule has 0 aromatic carbocycles. The third-order valence-corrected chi connectivity index (χ3v) is 4.19. The number of carbonyl (C=O) groups excluding carboxylic acids is 1. The van der Waals surface area contributed by atoms with E-state index in [4.69, 9.17) is 5.11 Å². The average Bonchev–Trinajstić information content (AvgIpc) is 2.10. The van der Waals surface area contributed by atoms with Gasteiger partial charge in [0.2, 0.25) is 10.0 Å². The van der Waals surface area contributed by atoms with Gasteiger partial charge in [0.05, 0.1) is 25.2 Å². The zero-order valence-corrected chi connectivity index (χ0v) is 9.57. The Morgan fingerprint density at radius 1 is 1.44 bits per heavy atom. The first-order valence-electron chi connectivity index (χ1n) is 4.64. The van der Waals surface area contributed by atoms with Crippen LogP contribution in [0, 0.1) is 5.92 Å². The van der Waals surface area contributed by atoms with Gasteiger partial charge in [0.25, 0.3) is 0 Å². The highest BCUT2D eigenvalue weighted by atomic mass is 32.2. The van der Waals surface area contributed by atoms with Gasteiger partial charge in [-0.05, 0) is 0 Å². The van der Waals surface area contributed by atoms with Gasteiger partial charge in [-0.1, -0.05) is 0 Å². The second-order valence-electron chi connectivity index (χ2n) is 3.49. The monoisotopic (exact) mass is 251 g/mol. The van der Waals surface area contributed by atoms with Crippen LogP contribution in [0.1, 0.15) is 6.42 Å². The number of esters is 1. The average molecular weight is 251 g/mol. The summed E-state index contributed by atoms with van der Waals surface area (Å²) >= 11 is 0. The highest BCUT2D eigenvalue weighted by Crippen LogP contribution is 2.20. The number of aliphatic carboxylic acids is 1. The maximum Gasteiger partial charge on any atom is 0.309 e. The van der Waals surface area contributed by atoms with Gasteiger partial charge in [-0.3, -0.25) is 9.59 Å². The number of hydrogen-bond donors (Lipinski definition) is 1. The van der Waals surface area contributed by atoms with Gasteiger partial charge in [-0.2, -0.15) is 0 Å². The molecule has 0 aliphatic carbocycles. The van der Waals surface area contributed by atoms with Gasteiger partial charge in [0.1, 0.15) is 0 Å². The van der Waals surface area contributed by atoms with Crippen molar-refractivity contribution in [3.05, 3.63) is 0 Å². The molecule has 0 amide bonds. The fraction of sp³-hybridized carbons (Fsp3) is 0.750. The summed E-state index contributed by atoms with van der Waals surface area (Å²) in [5.41, 5.74) is 0. The standard InChI is InChI=1S/C8H13NO6S/c1-15-7(10)2-3-16(13,14)9-4-6(5-9)8(11)12/h6H,2-5H2,1H3,(H,11,12). The smallest absolute Gasteiger partial charge is 0.309 e. The molecular formula is C8H13NO6S. The van der Waals surface area contributed by atoms with Crippen molar-refractivity contribution in [2.75, 3.05) is 26.0 Å². The molecule has 0 unspecified atom stereocenters. The zero-order valence-electron chi connectivity index (χ0n) is 8.75.